The van der Waals surface area contributed by atoms with Gasteiger partial charge in [-0.15, -0.1) is 0 Å². The van der Waals surface area contributed by atoms with E-state index in [1.807, 2.05) is 0 Å². The van der Waals surface area contributed by atoms with Crippen LogP contribution < -0.4 is 4.72 Å². The van der Waals surface area contributed by atoms with Crippen LogP contribution in [-0.4, -0.2) is 43.7 Å². The largest absolute Gasteiger partial charge is 0.481 e. The molecule has 1 heterocycles. The number of nitro benzene ring substituents is 1. The third-order valence-electron chi connectivity index (χ3n) is 3.06. The van der Waals surface area contributed by atoms with Gasteiger partial charge in [-0.1, -0.05) is 0 Å². The maximum absolute atomic E-state index is 12.1. The van der Waals surface area contributed by atoms with Gasteiger partial charge in [0.25, 0.3) is 5.69 Å². The van der Waals surface area contributed by atoms with E-state index in [0.717, 1.165) is 24.3 Å². The monoisotopic (exact) mass is 316 g/mol. The van der Waals surface area contributed by atoms with Crippen LogP contribution in [0.1, 0.15) is 0 Å². The molecule has 2 rings (SSSR count). The number of nitrogens with zero attached hydrogens (tertiary/aromatic N) is 1. The molecule has 1 aromatic carbocycles. The number of hydrogen-bond acceptors (Lipinski definition) is 6. The SMILES string of the molecule is O=C(O)C1COCC1NS(=O)(=O)c1ccc([N+](=O)[O-])cc1. The molecule has 0 radical (unpaired) electrons. The lowest BCUT2D eigenvalue weighted by Gasteiger charge is -2.15. The second-order valence-electron chi connectivity index (χ2n) is 4.46. The Kier molecular flexibility index (Phi) is 4.21. The van der Waals surface area contributed by atoms with Gasteiger partial charge < -0.3 is 9.84 Å². The van der Waals surface area contributed by atoms with E-state index in [4.69, 9.17) is 9.84 Å². The molecule has 1 fully saturated rings. The fourth-order valence-electron chi connectivity index (χ4n) is 1.93. The lowest BCUT2D eigenvalue weighted by Crippen LogP contribution is -2.42. The lowest BCUT2D eigenvalue weighted by atomic mass is 10.1. The maximum atomic E-state index is 12.1. The third kappa shape index (κ3) is 3.35. The summed E-state index contributed by atoms with van der Waals surface area (Å²) in [4.78, 5) is 20.7. The summed E-state index contributed by atoms with van der Waals surface area (Å²) in [6, 6.07) is 3.43. The summed E-state index contributed by atoms with van der Waals surface area (Å²) < 4.78 is 31.4. The Labute approximate surface area is 119 Å². The van der Waals surface area contributed by atoms with Crippen molar-refractivity contribution in [1.29, 1.82) is 0 Å². The zero-order valence-corrected chi connectivity index (χ0v) is 11.4. The van der Waals surface area contributed by atoms with E-state index in [1.165, 1.54) is 0 Å². The van der Waals surface area contributed by atoms with E-state index in [0.29, 0.717) is 0 Å². The average Bonchev–Trinajstić information content (AvgIpc) is 2.86. The number of nitrogens with one attached hydrogen (secondary N) is 1. The minimum absolute atomic E-state index is 0.0385. The van der Waals surface area contributed by atoms with E-state index in [9.17, 15) is 23.3 Å². The first-order valence-electron chi connectivity index (χ1n) is 5.88. The van der Waals surface area contributed by atoms with Gasteiger partial charge in [0.2, 0.25) is 10.0 Å². The first kappa shape index (κ1) is 15.4. The molecule has 0 saturated carbocycles. The third-order valence-corrected chi connectivity index (χ3v) is 4.57. The van der Waals surface area contributed by atoms with Crippen molar-refractivity contribution in [3.05, 3.63) is 34.4 Å². The maximum Gasteiger partial charge on any atom is 0.310 e. The van der Waals surface area contributed by atoms with Gasteiger partial charge in [-0.3, -0.25) is 14.9 Å². The molecule has 1 aromatic rings. The summed E-state index contributed by atoms with van der Waals surface area (Å²) in [5, 5.41) is 19.5. The molecule has 0 spiro atoms. The van der Waals surface area contributed by atoms with Crippen molar-refractivity contribution in [1.82, 2.24) is 4.72 Å². The molecule has 10 heteroatoms. The number of carboxylic acid groups (broad SMARTS) is 1. The van der Waals surface area contributed by atoms with E-state index in [2.05, 4.69) is 4.72 Å². The molecular weight excluding hydrogens is 304 g/mol. The molecule has 1 saturated heterocycles. The number of aliphatic carboxylic acids is 1. The Morgan fingerprint density at radius 1 is 1.33 bits per heavy atom. The second kappa shape index (κ2) is 5.76. The van der Waals surface area contributed by atoms with Crippen molar-refractivity contribution in [2.45, 2.75) is 10.9 Å². The van der Waals surface area contributed by atoms with E-state index < -0.39 is 32.9 Å². The van der Waals surface area contributed by atoms with Gasteiger partial charge in [-0.2, -0.15) is 0 Å². The number of benzene rings is 1. The first-order valence-corrected chi connectivity index (χ1v) is 7.37. The number of carbonyl (C=O) groups is 1. The normalized spacial score (nSPS) is 22.1. The molecule has 21 heavy (non-hydrogen) atoms. The Hall–Kier alpha value is -2.04. The number of rotatable bonds is 5. The highest BCUT2D eigenvalue weighted by Gasteiger charge is 2.37. The van der Waals surface area contributed by atoms with Crippen LogP contribution in [0.4, 0.5) is 5.69 Å². The van der Waals surface area contributed by atoms with Crippen LogP contribution >= 0.6 is 0 Å². The molecule has 1 aliphatic heterocycles. The van der Waals surface area contributed by atoms with Crippen molar-refractivity contribution in [3.8, 4) is 0 Å². The van der Waals surface area contributed by atoms with E-state index in [-0.39, 0.29) is 23.8 Å². The fraction of sp³-hybridized carbons (Fsp3) is 0.364. The van der Waals surface area contributed by atoms with Crippen LogP contribution in [0.25, 0.3) is 0 Å². The molecule has 0 bridgehead atoms. The van der Waals surface area contributed by atoms with Gasteiger partial charge in [0, 0.05) is 12.1 Å². The number of ether oxygens (including phenoxy) is 1. The standard InChI is InChI=1S/C11H12N2O7S/c14-11(15)9-5-20-6-10(9)12-21(18,19)8-3-1-7(2-4-8)13(16)17/h1-4,9-10,12H,5-6H2,(H,14,15). The molecule has 0 aliphatic carbocycles. The van der Waals surface area contributed by atoms with Gasteiger partial charge in [0.1, 0.15) is 0 Å². The van der Waals surface area contributed by atoms with Crippen molar-refractivity contribution in [2.24, 2.45) is 5.92 Å². The van der Waals surface area contributed by atoms with Gasteiger partial charge >= 0.3 is 5.97 Å². The first-order chi connectivity index (χ1) is 9.81. The minimum atomic E-state index is -3.97. The number of hydrogen-bond donors (Lipinski definition) is 2. The van der Waals surface area contributed by atoms with Crippen LogP contribution in [0.2, 0.25) is 0 Å². The van der Waals surface area contributed by atoms with Crippen molar-refractivity contribution < 1.29 is 28.0 Å². The summed E-state index contributed by atoms with van der Waals surface area (Å²) in [5.41, 5.74) is -0.235. The molecule has 2 atom stereocenters. The molecular formula is C11H12N2O7S. The van der Waals surface area contributed by atoms with Crippen molar-refractivity contribution in [3.63, 3.8) is 0 Å². The molecule has 2 unspecified atom stereocenters. The Morgan fingerprint density at radius 3 is 2.48 bits per heavy atom. The van der Waals surface area contributed by atoms with Crippen LogP contribution in [-0.2, 0) is 19.6 Å². The highest BCUT2D eigenvalue weighted by Crippen LogP contribution is 2.19. The Morgan fingerprint density at radius 2 is 1.95 bits per heavy atom. The zero-order valence-electron chi connectivity index (χ0n) is 10.6. The van der Waals surface area contributed by atoms with Gasteiger partial charge in [-0.05, 0) is 12.1 Å². The predicted octanol–water partition coefficient (Wildman–Crippen LogP) is -0.0273. The van der Waals surface area contributed by atoms with Gasteiger partial charge in [0.05, 0.1) is 35.0 Å². The summed E-state index contributed by atoms with van der Waals surface area (Å²) in [6.45, 7) is -0.105. The van der Waals surface area contributed by atoms with Crippen LogP contribution in [0, 0.1) is 16.0 Å². The minimum Gasteiger partial charge on any atom is -0.481 e. The second-order valence-corrected chi connectivity index (χ2v) is 6.17. The summed E-state index contributed by atoms with van der Waals surface area (Å²) in [5.74, 6) is -2.11. The quantitative estimate of drug-likeness (QED) is 0.575. The highest BCUT2D eigenvalue weighted by atomic mass is 32.2. The Bertz CT molecular complexity index is 656. The molecule has 114 valence electrons. The highest BCUT2D eigenvalue weighted by molar-refractivity contribution is 7.89. The molecule has 0 aromatic heterocycles. The molecule has 0 amide bonds. The lowest BCUT2D eigenvalue weighted by molar-refractivity contribution is -0.384. The summed E-state index contributed by atoms with van der Waals surface area (Å²) >= 11 is 0. The molecule has 2 N–H and O–H groups in total. The smallest absolute Gasteiger partial charge is 0.310 e. The topological polar surface area (TPSA) is 136 Å². The number of carboxylic acids is 1. The molecule has 9 nitrogen and oxygen atoms in total. The van der Waals surface area contributed by atoms with E-state index in [1.54, 1.807) is 0 Å². The predicted molar refractivity (Wildman–Crippen MR) is 69.2 cm³/mol. The summed E-state index contributed by atoms with van der Waals surface area (Å²) in [7, 11) is -3.97. The van der Waals surface area contributed by atoms with Crippen LogP contribution in [0.3, 0.4) is 0 Å². The van der Waals surface area contributed by atoms with Crippen LogP contribution in [0.5, 0.6) is 0 Å². The Balaban J connectivity index is 2.18. The van der Waals surface area contributed by atoms with Gasteiger partial charge in [0.15, 0.2) is 0 Å². The number of sulfonamides is 1. The zero-order chi connectivity index (χ0) is 15.6. The van der Waals surface area contributed by atoms with E-state index >= 15 is 0 Å². The van der Waals surface area contributed by atoms with Gasteiger partial charge in [-0.25, -0.2) is 13.1 Å². The summed E-state index contributed by atoms with van der Waals surface area (Å²) in [6.07, 6.45) is 0. The van der Waals surface area contributed by atoms with Crippen molar-refractivity contribution >= 4 is 21.7 Å². The fourth-order valence-corrected chi connectivity index (χ4v) is 3.19. The van der Waals surface area contributed by atoms with Crippen molar-refractivity contribution in [2.75, 3.05) is 13.2 Å². The van der Waals surface area contributed by atoms with Crippen LogP contribution in [0.15, 0.2) is 29.2 Å². The number of nitro groups is 1. The number of non-ortho nitro benzene ring substituents is 1. The molecule has 1 aliphatic rings. The average molecular weight is 316 g/mol.